The van der Waals surface area contributed by atoms with Crippen LogP contribution in [0.4, 0.5) is 17.1 Å². The second kappa shape index (κ2) is 10.9. The molecule has 0 heterocycles. The van der Waals surface area contributed by atoms with Crippen molar-refractivity contribution in [2.24, 2.45) is 0 Å². The van der Waals surface area contributed by atoms with Gasteiger partial charge in [0, 0.05) is 17.1 Å². The number of para-hydroxylation sites is 2. The minimum absolute atomic E-state index is 0.940. The van der Waals surface area contributed by atoms with Crippen LogP contribution >= 0.6 is 0 Å². The smallest absolute Gasteiger partial charge is 0.0473 e. The summed E-state index contributed by atoms with van der Waals surface area (Å²) in [6, 6.07) is 64.1. The van der Waals surface area contributed by atoms with Crippen LogP contribution in [0.25, 0.3) is 54.9 Å². The Kier molecular flexibility index (Phi) is 6.28. The van der Waals surface area contributed by atoms with Crippen LogP contribution in [-0.4, -0.2) is 0 Å². The van der Waals surface area contributed by atoms with Crippen LogP contribution in [0.2, 0.25) is 0 Å². The van der Waals surface area contributed by atoms with Crippen molar-refractivity contribution in [2.75, 3.05) is 4.90 Å². The van der Waals surface area contributed by atoms with Gasteiger partial charge < -0.3 is 4.90 Å². The molecular formula is C45H31N. The summed E-state index contributed by atoms with van der Waals surface area (Å²) in [4.78, 5) is 2.37. The fourth-order valence-electron chi connectivity index (χ4n) is 7.38. The normalized spacial score (nSPS) is 11.8. The van der Waals surface area contributed by atoms with E-state index in [1.54, 1.807) is 0 Å². The van der Waals surface area contributed by atoms with Gasteiger partial charge in [0.05, 0.1) is 0 Å². The minimum Gasteiger partial charge on any atom is -0.310 e. The van der Waals surface area contributed by atoms with Gasteiger partial charge in [-0.15, -0.1) is 0 Å². The number of hydrogen-bond donors (Lipinski definition) is 0. The van der Waals surface area contributed by atoms with Crippen LogP contribution in [0.1, 0.15) is 11.1 Å². The lowest BCUT2D eigenvalue weighted by Gasteiger charge is -2.27. The number of rotatable bonds is 5. The maximum absolute atomic E-state index is 2.46. The molecule has 0 saturated carbocycles. The van der Waals surface area contributed by atoms with Crippen LogP contribution in [0, 0.1) is 0 Å². The average Bonchev–Trinajstić information content (AvgIpc) is 3.13. The van der Waals surface area contributed by atoms with E-state index >= 15 is 0 Å². The largest absolute Gasteiger partial charge is 0.310 e. The molecule has 0 saturated heterocycles. The van der Waals surface area contributed by atoms with Gasteiger partial charge in [-0.2, -0.15) is 0 Å². The molecule has 0 unspecified atom stereocenters. The predicted molar refractivity (Wildman–Crippen MR) is 195 cm³/mol. The lowest BCUT2D eigenvalue weighted by molar-refractivity contribution is 1.22. The second-order valence-corrected chi connectivity index (χ2v) is 12.1. The zero-order chi connectivity index (χ0) is 30.5. The summed E-state index contributed by atoms with van der Waals surface area (Å²) < 4.78 is 0. The molecule has 0 bridgehead atoms. The quantitative estimate of drug-likeness (QED) is 0.194. The summed E-state index contributed by atoms with van der Waals surface area (Å²) in [5.74, 6) is 0. The summed E-state index contributed by atoms with van der Waals surface area (Å²) in [6.45, 7) is 0. The highest BCUT2D eigenvalue weighted by atomic mass is 15.1. The van der Waals surface area contributed by atoms with Gasteiger partial charge in [0.1, 0.15) is 0 Å². The van der Waals surface area contributed by atoms with E-state index in [9.17, 15) is 0 Å². The van der Waals surface area contributed by atoms with E-state index in [0.29, 0.717) is 0 Å². The summed E-state index contributed by atoms with van der Waals surface area (Å²) in [6.07, 6.45) is 0.940. The maximum atomic E-state index is 2.46. The highest BCUT2D eigenvalue weighted by Crippen LogP contribution is 2.47. The first-order valence-electron chi connectivity index (χ1n) is 16.0. The van der Waals surface area contributed by atoms with Crippen molar-refractivity contribution in [1.82, 2.24) is 0 Å². The Morgan fingerprint density at radius 2 is 0.978 bits per heavy atom. The van der Waals surface area contributed by atoms with E-state index in [1.807, 2.05) is 0 Å². The molecule has 0 aliphatic heterocycles. The number of nitrogens with zero attached hydrogens (tertiary/aromatic N) is 1. The van der Waals surface area contributed by atoms with E-state index in [1.165, 1.54) is 66.1 Å². The molecule has 0 atom stereocenters. The molecule has 0 aromatic heterocycles. The highest BCUT2D eigenvalue weighted by molar-refractivity contribution is 6.10. The molecule has 1 aliphatic carbocycles. The monoisotopic (exact) mass is 585 g/mol. The Bertz CT molecular complexity index is 2330. The van der Waals surface area contributed by atoms with E-state index < -0.39 is 0 Å². The van der Waals surface area contributed by atoms with Gasteiger partial charge in [0.25, 0.3) is 0 Å². The first-order valence-corrected chi connectivity index (χ1v) is 16.0. The molecule has 0 amide bonds. The van der Waals surface area contributed by atoms with Crippen LogP contribution in [-0.2, 0) is 6.42 Å². The second-order valence-electron chi connectivity index (χ2n) is 12.1. The number of hydrogen-bond acceptors (Lipinski definition) is 1. The van der Waals surface area contributed by atoms with Gasteiger partial charge in [0.2, 0.25) is 0 Å². The number of benzene rings is 8. The third-order valence-electron chi connectivity index (χ3n) is 9.43. The van der Waals surface area contributed by atoms with E-state index in [2.05, 4.69) is 181 Å². The predicted octanol–water partition coefficient (Wildman–Crippen LogP) is 12.4. The van der Waals surface area contributed by atoms with Crippen molar-refractivity contribution in [2.45, 2.75) is 6.42 Å². The summed E-state index contributed by atoms with van der Waals surface area (Å²) in [7, 11) is 0. The van der Waals surface area contributed by atoms with E-state index in [0.717, 1.165) is 23.5 Å². The van der Waals surface area contributed by atoms with Gasteiger partial charge in [-0.25, -0.2) is 0 Å². The maximum Gasteiger partial charge on any atom is 0.0473 e. The van der Waals surface area contributed by atoms with E-state index in [-0.39, 0.29) is 0 Å². The topological polar surface area (TPSA) is 3.24 Å². The third-order valence-corrected chi connectivity index (χ3v) is 9.43. The molecular weight excluding hydrogens is 555 g/mol. The Hall–Kier alpha value is -5.92. The summed E-state index contributed by atoms with van der Waals surface area (Å²) >= 11 is 0. The Morgan fingerprint density at radius 1 is 0.370 bits per heavy atom. The Labute approximate surface area is 269 Å². The van der Waals surface area contributed by atoms with Crippen LogP contribution < -0.4 is 4.90 Å². The van der Waals surface area contributed by atoms with Crippen molar-refractivity contribution in [3.05, 3.63) is 187 Å². The molecule has 1 nitrogen and oxygen atoms in total. The summed E-state index contributed by atoms with van der Waals surface area (Å²) in [5.41, 5.74) is 13.7. The lowest BCUT2D eigenvalue weighted by Crippen LogP contribution is -2.10. The number of anilines is 3. The van der Waals surface area contributed by atoms with Gasteiger partial charge in [-0.05, 0) is 121 Å². The highest BCUT2D eigenvalue weighted by Gasteiger charge is 2.23. The molecule has 0 fully saturated rings. The molecule has 0 N–H and O–H groups in total. The van der Waals surface area contributed by atoms with Crippen LogP contribution in [0.15, 0.2) is 176 Å². The fourth-order valence-corrected chi connectivity index (χ4v) is 7.38. The van der Waals surface area contributed by atoms with Gasteiger partial charge in [-0.1, -0.05) is 127 Å². The number of fused-ring (bicyclic) bond motifs is 4. The standard InChI is InChI=1S/C45H31N/c1-4-14-31(15-5-1)34-26-35(28-38(27-34)46(36-19-6-2-7-20-36)37-21-8-3-9-22-37)42-30-44-41-25-13-17-32-16-12-18-33(45(32)41)29-43(44)40-24-11-10-23-39(40)42/h1-28,30H,29H2. The SMILES string of the molecule is c1ccc(-c2cc(-c3cc4c(c5ccccc35)Cc3cccc5cccc-4c35)cc(N(c3ccccc3)c3ccccc3)c2)cc1. The zero-order valence-electron chi connectivity index (χ0n) is 25.4. The molecule has 8 aromatic carbocycles. The van der Waals surface area contributed by atoms with Crippen molar-refractivity contribution < 1.29 is 0 Å². The lowest BCUT2D eigenvalue weighted by atomic mass is 9.79. The fraction of sp³-hybridized carbons (Fsp3) is 0.0222. The molecule has 1 heteroatoms. The van der Waals surface area contributed by atoms with Crippen molar-refractivity contribution in [3.63, 3.8) is 0 Å². The molecule has 9 rings (SSSR count). The van der Waals surface area contributed by atoms with Crippen molar-refractivity contribution >= 4 is 38.6 Å². The van der Waals surface area contributed by atoms with Gasteiger partial charge in [0.15, 0.2) is 0 Å². The van der Waals surface area contributed by atoms with Gasteiger partial charge in [-0.3, -0.25) is 0 Å². The molecule has 8 aromatic rings. The molecule has 216 valence electrons. The molecule has 0 radical (unpaired) electrons. The first kappa shape index (κ1) is 26.5. The molecule has 1 aliphatic rings. The third kappa shape index (κ3) is 4.40. The Balaban J connectivity index is 1.34. The first-order chi connectivity index (χ1) is 22.8. The van der Waals surface area contributed by atoms with Crippen LogP contribution in [0.5, 0.6) is 0 Å². The van der Waals surface area contributed by atoms with E-state index in [4.69, 9.17) is 0 Å². The van der Waals surface area contributed by atoms with Crippen molar-refractivity contribution in [3.8, 4) is 33.4 Å². The molecule has 46 heavy (non-hydrogen) atoms. The van der Waals surface area contributed by atoms with Crippen molar-refractivity contribution in [1.29, 1.82) is 0 Å². The zero-order valence-corrected chi connectivity index (χ0v) is 25.4. The van der Waals surface area contributed by atoms with Crippen LogP contribution in [0.3, 0.4) is 0 Å². The summed E-state index contributed by atoms with van der Waals surface area (Å²) in [5, 5.41) is 5.31. The average molecular weight is 586 g/mol. The van der Waals surface area contributed by atoms with Gasteiger partial charge >= 0.3 is 0 Å². The molecule has 0 spiro atoms. The minimum atomic E-state index is 0.940. The Morgan fingerprint density at radius 3 is 1.70 bits per heavy atom.